The van der Waals surface area contributed by atoms with E-state index in [-0.39, 0.29) is 0 Å². The molecule has 17 heavy (non-hydrogen) atoms. The molecule has 1 aromatic rings. The van der Waals surface area contributed by atoms with Crippen LogP contribution in [0.3, 0.4) is 0 Å². The number of ether oxygens (including phenoxy) is 1. The smallest absolute Gasteiger partial charge is 0.110 e. The van der Waals surface area contributed by atoms with Crippen molar-refractivity contribution in [3.63, 3.8) is 0 Å². The van der Waals surface area contributed by atoms with E-state index in [0.29, 0.717) is 6.04 Å². The normalized spacial score (nSPS) is 12.9. The van der Waals surface area contributed by atoms with Crippen LogP contribution in [-0.4, -0.2) is 35.4 Å². The molecule has 4 nitrogen and oxygen atoms in total. The summed E-state index contributed by atoms with van der Waals surface area (Å²) in [4.78, 5) is 4.40. The molecule has 0 amide bonds. The average Bonchev–Trinajstić information content (AvgIpc) is 2.77. The van der Waals surface area contributed by atoms with Gasteiger partial charge in [0.05, 0.1) is 6.61 Å². The van der Waals surface area contributed by atoms with Crippen molar-refractivity contribution >= 4 is 0 Å². The number of hydrogen-bond donors (Lipinski definition) is 1. The Morgan fingerprint density at radius 2 is 2.24 bits per heavy atom. The fraction of sp³-hybridized carbons (Fsp3) is 0.769. The van der Waals surface area contributed by atoms with Gasteiger partial charge in [-0.05, 0) is 19.9 Å². The third-order valence-electron chi connectivity index (χ3n) is 2.73. The molecule has 0 radical (unpaired) electrons. The van der Waals surface area contributed by atoms with Gasteiger partial charge in [0.25, 0.3) is 0 Å². The van der Waals surface area contributed by atoms with Crippen molar-refractivity contribution in [3.8, 4) is 0 Å². The summed E-state index contributed by atoms with van der Waals surface area (Å²) in [6.07, 6.45) is 5.90. The predicted octanol–water partition coefficient (Wildman–Crippen LogP) is 1.85. The number of aryl methyl sites for hydroxylation is 1. The van der Waals surface area contributed by atoms with Crippen LogP contribution in [-0.2, 0) is 17.7 Å². The molecule has 98 valence electrons. The molecule has 1 unspecified atom stereocenters. The van der Waals surface area contributed by atoms with Crippen molar-refractivity contribution in [3.05, 3.63) is 18.2 Å². The first-order chi connectivity index (χ1) is 8.31. The summed E-state index contributed by atoms with van der Waals surface area (Å²) in [6, 6.07) is 0.360. The molecule has 1 rings (SSSR count). The molecule has 1 heterocycles. The maximum atomic E-state index is 5.62. The van der Waals surface area contributed by atoms with Gasteiger partial charge in [0.2, 0.25) is 0 Å². The molecule has 1 N–H and O–H groups in total. The molecule has 1 atom stereocenters. The number of imidazole rings is 1. The average molecular weight is 239 g/mol. The number of hydrogen-bond acceptors (Lipinski definition) is 3. The molecule has 0 saturated heterocycles. The third-order valence-corrected chi connectivity index (χ3v) is 2.73. The van der Waals surface area contributed by atoms with Crippen molar-refractivity contribution in [1.82, 2.24) is 14.9 Å². The molecule has 0 aromatic carbocycles. The van der Waals surface area contributed by atoms with E-state index in [1.54, 1.807) is 0 Å². The van der Waals surface area contributed by atoms with E-state index in [4.69, 9.17) is 4.74 Å². The highest BCUT2D eigenvalue weighted by Crippen LogP contribution is 2.03. The first kappa shape index (κ1) is 14.2. The van der Waals surface area contributed by atoms with Gasteiger partial charge in [-0.2, -0.15) is 0 Å². The first-order valence-corrected chi connectivity index (χ1v) is 6.62. The zero-order valence-electron chi connectivity index (χ0n) is 11.3. The quantitative estimate of drug-likeness (QED) is 0.668. The van der Waals surface area contributed by atoms with Gasteiger partial charge in [-0.15, -0.1) is 0 Å². The van der Waals surface area contributed by atoms with E-state index < -0.39 is 0 Å². The zero-order valence-corrected chi connectivity index (χ0v) is 11.3. The van der Waals surface area contributed by atoms with Gasteiger partial charge in [-0.1, -0.05) is 13.8 Å². The van der Waals surface area contributed by atoms with Gasteiger partial charge in [0, 0.05) is 38.0 Å². The lowest BCUT2D eigenvalue weighted by Crippen LogP contribution is -2.36. The number of rotatable bonds is 9. The second-order valence-electron chi connectivity index (χ2n) is 4.16. The molecular weight excluding hydrogens is 214 g/mol. The standard InChI is InChI=1S/C13H25N3O/c1-4-9-17-11-12(14-5-2)10-13-15-7-8-16(13)6-3/h7-8,12,14H,4-6,9-11H2,1-3H3. The van der Waals surface area contributed by atoms with Crippen LogP contribution in [0, 0.1) is 0 Å². The summed E-state index contributed by atoms with van der Waals surface area (Å²) in [5.41, 5.74) is 0. The summed E-state index contributed by atoms with van der Waals surface area (Å²) < 4.78 is 7.80. The molecule has 0 aliphatic carbocycles. The van der Waals surface area contributed by atoms with Gasteiger partial charge in [0.15, 0.2) is 0 Å². The molecule has 0 saturated carbocycles. The van der Waals surface area contributed by atoms with Crippen LogP contribution >= 0.6 is 0 Å². The van der Waals surface area contributed by atoms with E-state index in [2.05, 4.69) is 35.6 Å². The SMILES string of the molecule is CCCOCC(Cc1nccn1CC)NCC. The second-order valence-corrected chi connectivity index (χ2v) is 4.16. The molecule has 0 aliphatic rings. The van der Waals surface area contributed by atoms with Gasteiger partial charge in [-0.3, -0.25) is 0 Å². The Labute approximate surface area is 104 Å². The molecule has 0 fully saturated rings. The Kier molecular flexibility index (Phi) is 6.89. The molecule has 0 aliphatic heterocycles. The van der Waals surface area contributed by atoms with Crippen LogP contribution in [0.25, 0.3) is 0 Å². The number of nitrogens with one attached hydrogen (secondary N) is 1. The Bertz CT molecular complexity index is 299. The lowest BCUT2D eigenvalue weighted by atomic mass is 10.2. The van der Waals surface area contributed by atoms with Crippen molar-refractivity contribution in [2.45, 2.75) is 46.2 Å². The molecule has 0 spiro atoms. The Hall–Kier alpha value is -0.870. The van der Waals surface area contributed by atoms with Crippen molar-refractivity contribution in [1.29, 1.82) is 0 Å². The van der Waals surface area contributed by atoms with Crippen molar-refractivity contribution in [2.24, 2.45) is 0 Å². The minimum Gasteiger partial charge on any atom is -0.380 e. The van der Waals surface area contributed by atoms with Gasteiger partial charge in [-0.25, -0.2) is 4.98 Å². The number of nitrogens with zero attached hydrogens (tertiary/aromatic N) is 2. The highest BCUT2D eigenvalue weighted by Gasteiger charge is 2.11. The van der Waals surface area contributed by atoms with Crippen molar-refractivity contribution < 1.29 is 4.74 Å². The van der Waals surface area contributed by atoms with Crippen LogP contribution in [0.1, 0.15) is 33.0 Å². The van der Waals surface area contributed by atoms with E-state index in [1.807, 2.05) is 12.4 Å². The predicted molar refractivity (Wildman–Crippen MR) is 70.2 cm³/mol. The Morgan fingerprint density at radius 1 is 1.41 bits per heavy atom. The fourth-order valence-electron chi connectivity index (χ4n) is 1.89. The molecule has 0 bridgehead atoms. The molecule has 4 heteroatoms. The monoisotopic (exact) mass is 239 g/mol. The van der Waals surface area contributed by atoms with E-state index in [9.17, 15) is 0 Å². The van der Waals surface area contributed by atoms with E-state index in [1.165, 1.54) is 0 Å². The summed E-state index contributed by atoms with van der Waals surface area (Å²) in [6.45, 7) is 9.94. The minimum atomic E-state index is 0.360. The van der Waals surface area contributed by atoms with Gasteiger partial charge >= 0.3 is 0 Å². The maximum absolute atomic E-state index is 5.62. The third kappa shape index (κ3) is 4.88. The summed E-state index contributed by atoms with van der Waals surface area (Å²) in [5.74, 6) is 1.14. The Balaban J connectivity index is 2.47. The highest BCUT2D eigenvalue weighted by molar-refractivity contribution is 4.95. The minimum absolute atomic E-state index is 0.360. The molecular formula is C13H25N3O. The van der Waals surface area contributed by atoms with Crippen LogP contribution < -0.4 is 5.32 Å². The number of likely N-dealkylation sites (N-methyl/N-ethyl adjacent to an activating group) is 1. The summed E-state index contributed by atoms with van der Waals surface area (Å²) in [7, 11) is 0. The Morgan fingerprint density at radius 3 is 2.88 bits per heavy atom. The lowest BCUT2D eigenvalue weighted by Gasteiger charge is -2.18. The van der Waals surface area contributed by atoms with E-state index >= 15 is 0 Å². The van der Waals surface area contributed by atoms with Crippen LogP contribution in [0.5, 0.6) is 0 Å². The van der Waals surface area contributed by atoms with Crippen LogP contribution in [0.15, 0.2) is 12.4 Å². The van der Waals surface area contributed by atoms with Crippen LogP contribution in [0.4, 0.5) is 0 Å². The topological polar surface area (TPSA) is 39.1 Å². The zero-order chi connectivity index (χ0) is 12.5. The first-order valence-electron chi connectivity index (χ1n) is 6.62. The summed E-state index contributed by atoms with van der Waals surface area (Å²) >= 11 is 0. The fourth-order valence-corrected chi connectivity index (χ4v) is 1.89. The lowest BCUT2D eigenvalue weighted by molar-refractivity contribution is 0.111. The van der Waals surface area contributed by atoms with Gasteiger partial charge in [0.1, 0.15) is 5.82 Å². The second kappa shape index (κ2) is 8.25. The number of aromatic nitrogens is 2. The maximum Gasteiger partial charge on any atom is 0.110 e. The molecule has 1 aromatic heterocycles. The summed E-state index contributed by atoms with van der Waals surface area (Å²) in [5, 5.41) is 3.45. The largest absolute Gasteiger partial charge is 0.380 e. The highest BCUT2D eigenvalue weighted by atomic mass is 16.5. The van der Waals surface area contributed by atoms with Crippen LogP contribution in [0.2, 0.25) is 0 Å². The van der Waals surface area contributed by atoms with E-state index in [0.717, 1.165) is 45.0 Å². The van der Waals surface area contributed by atoms with Gasteiger partial charge < -0.3 is 14.6 Å². The van der Waals surface area contributed by atoms with Crippen molar-refractivity contribution in [2.75, 3.05) is 19.8 Å².